The summed E-state index contributed by atoms with van der Waals surface area (Å²) >= 11 is 0. The summed E-state index contributed by atoms with van der Waals surface area (Å²) in [6.07, 6.45) is 0. The summed E-state index contributed by atoms with van der Waals surface area (Å²) in [5, 5.41) is 0. The van der Waals surface area contributed by atoms with E-state index in [0.717, 1.165) is 11.1 Å². The molecule has 0 spiro atoms. The Bertz CT molecular complexity index is 663. The molecule has 1 N–H and O–H groups in total. The maximum atomic E-state index is 12.2. The number of nitrogens with one attached hydrogen (secondary N) is 1. The highest BCUT2D eigenvalue weighted by Gasteiger charge is 2.14. The van der Waals surface area contributed by atoms with Gasteiger partial charge in [0.1, 0.15) is 0 Å². The molecule has 4 heteroatoms. The fourth-order valence-electron chi connectivity index (χ4n) is 1.67. The number of rotatable bonds is 3. The van der Waals surface area contributed by atoms with Crippen molar-refractivity contribution in [2.24, 2.45) is 0 Å². The fourth-order valence-corrected chi connectivity index (χ4v) is 2.91. The third-order valence-electron chi connectivity index (χ3n) is 2.69. The van der Waals surface area contributed by atoms with Gasteiger partial charge in [0.15, 0.2) is 0 Å². The zero-order valence-electron chi connectivity index (χ0n) is 10.3. The van der Waals surface area contributed by atoms with Crippen molar-refractivity contribution in [3.05, 3.63) is 59.7 Å². The highest BCUT2D eigenvalue weighted by atomic mass is 32.2. The molecule has 0 aromatic heterocycles. The molecule has 0 fully saturated rings. The van der Waals surface area contributed by atoms with Crippen molar-refractivity contribution in [3.63, 3.8) is 0 Å². The average molecular weight is 261 g/mol. The molecule has 2 rings (SSSR count). The quantitative estimate of drug-likeness (QED) is 0.922. The van der Waals surface area contributed by atoms with Crippen molar-refractivity contribution in [2.45, 2.75) is 18.7 Å². The number of aryl methyl sites for hydroxylation is 2. The van der Waals surface area contributed by atoms with Crippen LogP contribution in [-0.2, 0) is 10.0 Å². The summed E-state index contributed by atoms with van der Waals surface area (Å²) in [5.74, 6) is 0. The molecule has 3 nitrogen and oxygen atoms in total. The van der Waals surface area contributed by atoms with Gasteiger partial charge in [-0.15, -0.1) is 0 Å². The highest BCUT2D eigenvalue weighted by Crippen LogP contribution is 2.19. The summed E-state index contributed by atoms with van der Waals surface area (Å²) in [6.45, 7) is 3.74. The van der Waals surface area contributed by atoms with Crippen molar-refractivity contribution >= 4 is 15.7 Å². The Morgan fingerprint density at radius 1 is 0.944 bits per heavy atom. The van der Waals surface area contributed by atoms with Gasteiger partial charge in [-0.1, -0.05) is 30.3 Å². The number of para-hydroxylation sites is 1. The highest BCUT2D eigenvalue weighted by molar-refractivity contribution is 7.92. The van der Waals surface area contributed by atoms with Gasteiger partial charge in [0.2, 0.25) is 0 Å². The van der Waals surface area contributed by atoms with E-state index in [0.29, 0.717) is 5.69 Å². The minimum Gasteiger partial charge on any atom is -0.279 e. The first kappa shape index (κ1) is 12.6. The molecule has 0 bridgehead atoms. The molecule has 2 aromatic rings. The minimum absolute atomic E-state index is 0.283. The second-order valence-corrected chi connectivity index (χ2v) is 5.92. The molecular formula is C14H15NO2S. The van der Waals surface area contributed by atoms with Crippen molar-refractivity contribution in [2.75, 3.05) is 4.72 Å². The molecule has 0 aliphatic heterocycles. The number of benzene rings is 2. The van der Waals surface area contributed by atoms with Crippen molar-refractivity contribution in [1.82, 2.24) is 0 Å². The van der Waals surface area contributed by atoms with Gasteiger partial charge in [0, 0.05) is 0 Å². The van der Waals surface area contributed by atoms with E-state index in [2.05, 4.69) is 4.72 Å². The Balaban J connectivity index is 2.37. The van der Waals surface area contributed by atoms with E-state index in [9.17, 15) is 8.42 Å². The van der Waals surface area contributed by atoms with Crippen LogP contribution in [0.5, 0.6) is 0 Å². The second kappa shape index (κ2) is 4.82. The Labute approximate surface area is 108 Å². The first-order valence-electron chi connectivity index (χ1n) is 5.64. The summed E-state index contributed by atoms with van der Waals surface area (Å²) < 4.78 is 27.0. The zero-order valence-corrected chi connectivity index (χ0v) is 11.2. The molecule has 0 saturated carbocycles. The summed E-state index contributed by atoms with van der Waals surface area (Å²) in [6, 6.07) is 14.2. The Kier molecular flexibility index (Phi) is 3.39. The molecule has 94 valence electrons. The van der Waals surface area contributed by atoms with Crippen molar-refractivity contribution in [3.8, 4) is 0 Å². The molecule has 2 aromatic carbocycles. The van der Waals surface area contributed by atoms with Crippen LogP contribution >= 0.6 is 0 Å². The maximum Gasteiger partial charge on any atom is 0.261 e. The topological polar surface area (TPSA) is 46.2 Å². The Morgan fingerprint density at radius 2 is 1.67 bits per heavy atom. The van der Waals surface area contributed by atoms with Crippen molar-refractivity contribution < 1.29 is 8.42 Å². The Morgan fingerprint density at radius 3 is 2.33 bits per heavy atom. The van der Waals surface area contributed by atoms with Gasteiger partial charge in [0.05, 0.1) is 10.6 Å². The van der Waals surface area contributed by atoms with Crippen LogP contribution in [-0.4, -0.2) is 8.42 Å². The molecule has 0 amide bonds. The minimum atomic E-state index is -3.51. The van der Waals surface area contributed by atoms with E-state index in [1.54, 1.807) is 30.3 Å². The van der Waals surface area contributed by atoms with Crippen LogP contribution in [0.4, 0.5) is 5.69 Å². The lowest BCUT2D eigenvalue weighted by Crippen LogP contribution is -2.13. The fraction of sp³-hybridized carbons (Fsp3) is 0.143. The molecule has 0 unspecified atom stereocenters. The van der Waals surface area contributed by atoms with Gasteiger partial charge in [-0.25, -0.2) is 8.42 Å². The van der Waals surface area contributed by atoms with Crippen LogP contribution in [0.25, 0.3) is 0 Å². The predicted octanol–water partition coefficient (Wildman–Crippen LogP) is 3.10. The standard InChI is InChI=1S/C14H15NO2S/c1-11-6-5-8-13(10-11)18(16,17)15-14-9-4-3-7-12(14)2/h3-10,15H,1-2H3. The van der Waals surface area contributed by atoms with Crippen LogP contribution in [0.3, 0.4) is 0 Å². The number of hydrogen-bond acceptors (Lipinski definition) is 2. The molecule has 0 aliphatic rings. The van der Waals surface area contributed by atoms with Gasteiger partial charge in [-0.2, -0.15) is 0 Å². The molecule has 0 atom stereocenters. The lowest BCUT2D eigenvalue weighted by atomic mass is 10.2. The van der Waals surface area contributed by atoms with Crippen LogP contribution in [0.1, 0.15) is 11.1 Å². The summed E-state index contributed by atoms with van der Waals surface area (Å²) in [7, 11) is -3.51. The van der Waals surface area contributed by atoms with Crippen molar-refractivity contribution in [1.29, 1.82) is 0 Å². The number of sulfonamides is 1. The van der Waals surface area contributed by atoms with Gasteiger partial charge < -0.3 is 0 Å². The molecule has 0 heterocycles. The molecule has 0 radical (unpaired) electrons. The van der Waals surface area contributed by atoms with Crippen LogP contribution in [0.2, 0.25) is 0 Å². The maximum absolute atomic E-state index is 12.2. The molecule has 18 heavy (non-hydrogen) atoms. The monoisotopic (exact) mass is 261 g/mol. The van der Waals surface area contributed by atoms with Crippen LogP contribution in [0, 0.1) is 13.8 Å². The number of anilines is 1. The van der Waals surface area contributed by atoms with E-state index in [-0.39, 0.29) is 4.90 Å². The predicted molar refractivity (Wildman–Crippen MR) is 73.2 cm³/mol. The van der Waals surface area contributed by atoms with E-state index in [1.807, 2.05) is 32.0 Å². The SMILES string of the molecule is Cc1cccc(S(=O)(=O)Nc2ccccc2C)c1. The van der Waals surface area contributed by atoms with Crippen LogP contribution in [0.15, 0.2) is 53.4 Å². The normalized spacial score (nSPS) is 11.2. The third-order valence-corrected chi connectivity index (χ3v) is 4.05. The van der Waals surface area contributed by atoms with E-state index < -0.39 is 10.0 Å². The van der Waals surface area contributed by atoms with E-state index >= 15 is 0 Å². The number of hydrogen-bond donors (Lipinski definition) is 1. The lowest BCUT2D eigenvalue weighted by molar-refractivity contribution is 0.601. The van der Waals surface area contributed by atoms with Gasteiger partial charge in [-0.3, -0.25) is 4.72 Å². The molecule has 0 saturated heterocycles. The Hall–Kier alpha value is -1.81. The second-order valence-electron chi connectivity index (χ2n) is 4.24. The van der Waals surface area contributed by atoms with Gasteiger partial charge in [0.25, 0.3) is 10.0 Å². The third kappa shape index (κ3) is 2.71. The summed E-state index contributed by atoms with van der Waals surface area (Å²) in [4.78, 5) is 0.283. The zero-order chi connectivity index (χ0) is 13.2. The first-order chi connectivity index (χ1) is 8.49. The largest absolute Gasteiger partial charge is 0.279 e. The summed E-state index contributed by atoms with van der Waals surface area (Å²) in [5.41, 5.74) is 2.43. The first-order valence-corrected chi connectivity index (χ1v) is 7.12. The van der Waals surface area contributed by atoms with Gasteiger partial charge in [-0.05, 0) is 43.2 Å². The van der Waals surface area contributed by atoms with Gasteiger partial charge >= 0.3 is 0 Å². The van der Waals surface area contributed by atoms with Crippen LogP contribution < -0.4 is 4.72 Å². The molecule has 0 aliphatic carbocycles. The van der Waals surface area contributed by atoms with E-state index in [4.69, 9.17) is 0 Å². The average Bonchev–Trinajstić information content (AvgIpc) is 2.32. The smallest absolute Gasteiger partial charge is 0.261 e. The molecular weight excluding hydrogens is 246 g/mol. The lowest BCUT2D eigenvalue weighted by Gasteiger charge is -2.10. The van der Waals surface area contributed by atoms with E-state index in [1.165, 1.54) is 0 Å².